The Labute approximate surface area is 88.3 Å². The maximum atomic E-state index is 5.37. The summed E-state index contributed by atoms with van der Waals surface area (Å²) in [6, 6.07) is 9.54. The van der Waals surface area contributed by atoms with Crippen LogP contribution in [0.2, 0.25) is 0 Å². The predicted octanol–water partition coefficient (Wildman–Crippen LogP) is 1.37. The molecule has 0 fully saturated rings. The van der Waals surface area contributed by atoms with Crippen LogP contribution in [0.3, 0.4) is 0 Å². The van der Waals surface area contributed by atoms with Crippen LogP contribution in [0.4, 0.5) is 0 Å². The van der Waals surface area contributed by atoms with Crippen molar-refractivity contribution in [2.75, 3.05) is 0 Å². The zero-order valence-electron chi connectivity index (χ0n) is 8.14. The van der Waals surface area contributed by atoms with Gasteiger partial charge in [0.1, 0.15) is 6.04 Å². The number of nitrogens with zero attached hydrogens (tertiary/aromatic N) is 1. The van der Waals surface area contributed by atoms with E-state index in [9.17, 15) is 0 Å². The van der Waals surface area contributed by atoms with Gasteiger partial charge in [-0.3, -0.25) is 10.8 Å². The Balaban J connectivity index is 2.66. The molecule has 3 N–H and O–H groups in total. The summed E-state index contributed by atoms with van der Waals surface area (Å²) in [5.41, 5.74) is 3.35. The quantitative estimate of drug-likeness (QED) is 0.434. The Morgan fingerprint density at radius 3 is 2.87 bits per heavy atom. The third-order valence-electron chi connectivity index (χ3n) is 2.31. The summed E-state index contributed by atoms with van der Waals surface area (Å²) < 4.78 is 0. The van der Waals surface area contributed by atoms with Crippen molar-refractivity contribution in [3.05, 3.63) is 42.2 Å². The van der Waals surface area contributed by atoms with Gasteiger partial charge in [0.2, 0.25) is 0 Å². The Morgan fingerprint density at radius 2 is 2.13 bits per heavy atom. The number of pyridine rings is 1. The van der Waals surface area contributed by atoms with Crippen molar-refractivity contribution in [2.24, 2.45) is 5.84 Å². The van der Waals surface area contributed by atoms with E-state index in [2.05, 4.69) is 16.3 Å². The summed E-state index contributed by atoms with van der Waals surface area (Å²) in [6.07, 6.45) is 7.11. The molecular weight excluding hydrogens is 186 g/mol. The molecule has 0 saturated carbocycles. The second-order valence-electron chi connectivity index (χ2n) is 3.18. The van der Waals surface area contributed by atoms with Gasteiger partial charge in [0.25, 0.3) is 0 Å². The fraction of sp³-hybridized carbons (Fsp3) is 0.0833. The van der Waals surface area contributed by atoms with E-state index < -0.39 is 0 Å². The van der Waals surface area contributed by atoms with E-state index >= 15 is 0 Å². The van der Waals surface area contributed by atoms with E-state index in [0.29, 0.717) is 0 Å². The van der Waals surface area contributed by atoms with Gasteiger partial charge in [0, 0.05) is 11.6 Å². The molecule has 1 unspecified atom stereocenters. The van der Waals surface area contributed by atoms with Crippen molar-refractivity contribution >= 4 is 10.8 Å². The molecule has 0 radical (unpaired) electrons. The number of benzene rings is 1. The molecule has 0 saturated heterocycles. The van der Waals surface area contributed by atoms with Crippen molar-refractivity contribution in [1.29, 1.82) is 0 Å². The maximum absolute atomic E-state index is 5.37. The average molecular weight is 197 g/mol. The Bertz CT molecular complexity index is 508. The number of fused-ring (bicyclic) bond motifs is 1. The zero-order chi connectivity index (χ0) is 10.7. The van der Waals surface area contributed by atoms with Crippen LogP contribution in [0.25, 0.3) is 10.8 Å². The third-order valence-corrected chi connectivity index (χ3v) is 2.31. The highest BCUT2D eigenvalue weighted by atomic mass is 15.2. The number of nitrogens with one attached hydrogen (secondary N) is 1. The lowest BCUT2D eigenvalue weighted by molar-refractivity contribution is 0.662. The third kappa shape index (κ3) is 1.68. The van der Waals surface area contributed by atoms with E-state index in [1.54, 1.807) is 6.20 Å². The van der Waals surface area contributed by atoms with Gasteiger partial charge < -0.3 is 0 Å². The molecule has 3 heteroatoms. The molecule has 0 amide bonds. The topological polar surface area (TPSA) is 50.9 Å². The van der Waals surface area contributed by atoms with Crippen LogP contribution < -0.4 is 11.3 Å². The minimum absolute atomic E-state index is 0.351. The molecule has 1 aromatic heterocycles. The molecule has 0 bridgehead atoms. The summed E-state index contributed by atoms with van der Waals surface area (Å²) in [5.74, 6) is 7.94. The number of aromatic nitrogens is 1. The molecule has 1 atom stereocenters. The molecule has 1 aromatic carbocycles. The first kappa shape index (κ1) is 9.66. The molecule has 15 heavy (non-hydrogen) atoms. The smallest absolute Gasteiger partial charge is 0.124 e. The van der Waals surface area contributed by atoms with Crippen molar-refractivity contribution in [3.8, 4) is 12.3 Å². The highest BCUT2D eigenvalue weighted by Gasteiger charge is 2.10. The van der Waals surface area contributed by atoms with Crippen molar-refractivity contribution < 1.29 is 0 Å². The summed E-state index contributed by atoms with van der Waals surface area (Å²) in [7, 11) is 0. The Kier molecular flexibility index (Phi) is 2.64. The van der Waals surface area contributed by atoms with Gasteiger partial charge in [-0.15, -0.1) is 6.42 Å². The lowest BCUT2D eigenvalue weighted by Crippen LogP contribution is -2.27. The van der Waals surface area contributed by atoms with E-state index in [4.69, 9.17) is 12.3 Å². The molecule has 0 aliphatic heterocycles. The number of hydrogen-bond donors (Lipinski definition) is 2. The second-order valence-corrected chi connectivity index (χ2v) is 3.18. The van der Waals surface area contributed by atoms with Crippen molar-refractivity contribution in [1.82, 2.24) is 10.4 Å². The first-order valence-electron chi connectivity index (χ1n) is 4.62. The molecule has 0 aliphatic carbocycles. The van der Waals surface area contributed by atoms with Gasteiger partial charge in [-0.1, -0.05) is 30.2 Å². The predicted molar refractivity (Wildman–Crippen MR) is 60.6 cm³/mol. The van der Waals surface area contributed by atoms with Crippen LogP contribution in [-0.2, 0) is 0 Å². The fourth-order valence-electron chi connectivity index (χ4n) is 1.58. The van der Waals surface area contributed by atoms with E-state index in [0.717, 1.165) is 16.5 Å². The van der Waals surface area contributed by atoms with Gasteiger partial charge in [-0.05, 0) is 11.5 Å². The molecule has 0 spiro atoms. The van der Waals surface area contributed by atoms with Crippen LogP contribution in [0.15, 0.2) is 36.5 Å². The minimum atomic E-state index is -0.351. The van der Waals surface area contributed by atoms with E-state index in [1.165, 1.54) is 0 Å². The molecule has 1 heterocycles. The largest absolute Gasteiger partial charge is 0.270 e. The maximum Gasteiger partial charge on any atom is 0.124 e. The lowest BCUT2D eigenvalue weighted by Gasteiger charge is -2.10. The normalized spacial score (nSPS) is 12.3. The molecule has 2 aromatic rings. The molecule has 0 aliphatic rings. The summed E-state index contributed by atoms with van der Waals surface area (Å²) in [5, 5.41) is 2.14. The number of terminal acetylenes is 1. The zero-order valence-corrected chi connectivity index (χ0v) is 8.14. The molecule has 74 valence electrons. The highest BCUT2D eigenvalue weighted by molar-refractivity contribution is 5.84. The minimum Gasteiger partial charge on any atom is -0.270 e. The van der Waals surface area contributed by atoms with Gasteiger partial charge in [-0.2, -0.15) is 0 Å². The number of hydrazine groups is 1. The summed E-state index contributed by atoms with van der Waals surface area (Å²) >= 11 is 0. The van der Waals surface area contributed by atoms with Crippen LogP contribution >= 0.6 is 0 Å². The Morgan fingerprint density at radius 1 is 1.33 bits per heavy atom. The van der Waals surface area contributed by atoms with Gasteiger partial charge in [-0.25, -0.2) is 5.43 Å². The van der Waals surface area contributed by atoms with Gasteiger partial charge in [0.05, 0.1) is 5.69 Å². The van der Waals surface area contributed by atoms with Crippen molar-refractivity contribution in [3.63, 3.8) is 0 Å². The Hall–Kier alpha value is -1.89. The van der Waals surface area contributed by atoms with Crippen molar-refractivity contribution in [2.45, 2.75) is 6.04 Å². The van der Waals surface area contributed by atoms with Gasteiger partial charge in [0.15, 0.2) is 0 Å². The number of hydrogen-bond acceptors (Lipinski definition) is 3. The van der Waals surface area contributed by atoms with Crippen LogP contribution in [0, 0.1) is 12.3 Å². The van der Waals surface area contributed by atoms with E-state index in [1.807, 2.05) is 30.3 Å². The second kappa shape index (κ2) is 4.09. The average Bonchev–Trinajstić information content (AvgIpc) is 2.31. The fourth-order valence-corrected chi connectivity index (χ4v) is 1.58. The SMILES string of the molecule is C#CC(NN)c1nccc2ccccc12. The van der Waals surface area contributed by atoms with E-state index in [-0.39, 0.29) is 6.04 Å². The lowest BCUT2D eigenvalue weighted by atomic mass is 10.1. The molecular formula is C12H11N3. The number of rotatable bonds is 2. The summed E-state index contributed by atoms with van der Waals surface area (Å²) in [4.78, 5) is 4.26. The molecule has 2 rings (SSSR count). The number of nitrogens with two attached hydrogens (primary N) is 1. The van der Waals surface area contributed by atoms with Gasteiger partial charge >= 0.3 is 0 Å². The monoisotopic (exact) mass is 197 g/mol. The summed E-state index contributed by atoms with van der Waals surface area (Å²) in [6.45, 7) is 0. The molecule has 3 nitrogen and oxygen atoms in total. The standard InChI is InChI=1S/C12H11N3/c1-2-11(15-13)12-10-6-4-3-5-9(10)7-8-14-12/h1,3-8,11,15H,13H2. The first-order chi connectivity index (χ1) is 7.36. The van der Waals surface area contributed by atoms with Crippen LogP contribution in [0.1, 0.15) is 11.7 Å². The van der Waals surface area contributed by atoms with Crippen LogP contribution in [-0.4, -0.2) is 4.98 Å². The first-order valence-corrected chi connectivity index (χ1v) is 4.62. The highest BCUT2D eigenvalue weighted by Crippen LogP contribution is 2.20. The van der Waals surface area contributed by atoms with Crippen LogP contribution in [0.5, 0.6) is 0 Å².